The van der Waals surface area contributed by atoms with Gasteiger partial charge in [-0.2, -0.15) is 0 Å². The van der Waals surface area contributed by atoms with Crippen LogP contribution >= 0.6 is 0 Å². The number of carbonyl (C=O) groups excluding carboxylic acids is 3. The van der Waals surface area contributed by atoms with Crippen LogP contribution in [0.15, 0.2) is 42.5 Å². The molecular formula is C23H25N3O7. The monoisotopic (exact) mass is 455 g/mol. The Morgan fingerprint density at radius 3 is 2.55 bits per heavy atom. The molecule has 1 saturated heterocycles. The lowest BCUT2D eigenvalue weighted by molar-refractivity contribution is -0.164. The number of hydrogen-bond donors (Lipinski definition) is 2. The van der Waals surface area contributed by atoms with Crippen LogP contribution in [-0.4, -0.2) is 79.3 Å². The Morgan fingerprint density at radius 1 is 1.12 bits per heavy atom. The minimum Gasteiger partial charge on any atom is -0.454 e. The first kappa shape index (κ1) is 22.6. The molecule has 0 aliphatic carbocycles. The largest absolute Gasteiger partial charge is 0.454 e. The number of morpholine rings is 1. The molecule has 0 radical (unpaired) electrons. The van der Waals surface area contributed by atoms with Gasteiger partial charge in [-0.1, -0.05) is 12.1 Å². The van der Waals surface area contributed by atoms with Gasteiger partial charge in [0.25, 0.3) is 5.91 Å². The number of rotatable bonds is 6. The van der Waals surface area contributed by atoms with Crippen molar-refractivity contribution in [1.29, 1.82) is 0 Å². The molecule has 2 heterocycles. The van der Waals surface area contributed by atoms with Crippen molar-refractivity contribution >= 4 is 23.4 Å². The van der Waals surface area contributed by atoms with Crippen molar-refractivity contribution in [2.45, 2.75) is 12.1 Å². The van der Waals surface area contributed by atoms with Crippen molar-refractivity contribution in [2.75, 3.05) is 46.0 Å². The van der Waals surface area contributed by atoms with Crippen LogP contribution in [0.5, 0.6) is 11.5 Å². The predicted octanol–water partition coefficient (Wildman–Crippen LogP) is 1.02. The number of nitrogens with zero attached hydrogens (tertiary/aromatic N) is 2. The summed E-state index contributed by atoms with van der Waals surface area (Å²) in [5.74, 6) is 0.218. The van der Waals surface area contributed by atoms with E-state index < -0.39 is 12.1 Å². The van der Waals surface area contributed by atoms with Crippen molar-refractivity contribution in [1.82, 2.24) is 9.80 Å². The fraction of sp³-hybridized carbons (Fsp3) is 0.348. The summed E-state index contributed by atoms with van der Waals surface area (Å²) in [5.41, 5.74) is 1.71. The van der Waals surface area contributed by atoms with E-state index in [1.54, 1.807) is 56.6 Å². The molecule has 2 aromatic rings. The number of benzene rings is 2. The van der Waals surface area contributed by atoms with E-state index in [2.05, 4.69) is 5.32 Å². The average molecular weight is 455 g/mol. The van der Waals surface area contributed by atoms with E-state index in [4.69, 9.17) is 14.2 Å². The smallest absolute Gasteiger partial charge is 0.255 e. The van der Waals surface area contributed by atoms with E-state index in [1.807, 2.05) is 0 Å². The van der Waals surface area contributed by atoms with Gasteiger partial charge in [0, 0.05) is 25.3 Å². The standard InChI is InChI=1S/C23H25N3O7/c1-25(2)20(28)10-26-17(11-27)22(31-12-21(26)29)14-3-6-16(7-4-14)24-23(30)15-5-8-18-19(9-15)33-13-32-18/h3-9,17,22,27H,10-13H2,1-2H3,(H,24,30)/t17-,22-/m1/s1. The summed E-state index contributed by atoms with van der Waals surface area (Å²) >= 11 is 0. The fourth-order valence-corrected chi connectivity index (χ4v) is 3.71. The topological polar surface area (TPSA) is 118 Å². The third-order valence-electron chi connectivity index (χ3n) is 5.58. The minimum absolute atomic E-state index is 0.131. The number of hydrogen-bond acceptors (Lipinski definition) is 7. The Hall–Kier alpha value is -3.63. The van der Waals surface area contributed by atoms with Gasteiger partial charge in [-0.15, -0.1) is 0 Å². The van der Waals surface area contributed by atoms with Crippen LogP contribution < -0.4 is 14.8 Å². The van der Waals surface area contributed by atoms with Crippen molar-refractivity contribution in [2.24, 2.45) is 0 Å². The molecule has 10 nitrogen and oxygen atoms in total. The first-order valence-electron chi connectivity index (χ1n) is 10.4. The molecule has 2 atom stereocenters. The number of fused-ring (bicyclic) bond motifs is 1. The van der Waals surface area contributed by atoms with Crippen LogP contribution in [0.4, 0.5) is 5.69 Å². The maximum absolute atomic E-state index is 12.6. The van der Waals surface area contributed by atoms with Crippen molar-refractivity contribution in [3.63, 3.8) is 0 Å². The van der Waals surface area contributed by atoms with Gasteiger partial charge in [0.15, 0.2) is 11.5 Å². The zero-order chi connectivity index (χ0) is 23.5. The van der Waals surface area contributed by atoms with Gasteiger partial charge in [-0.25, -0.2) is 0 Å². The lowest BCUT2D eigenvalue weighted by Gasteiger charge is -2.40. The Labute approximate surface area is 190 Å². The molecule has 4 rings (SSSR count). The van der Waals surface area contributed by atoms with Gasteiger partial charge in [0.1, 0.15) is 19.3 Å². The molecular weight excluding hydrogens is 430 g/mol. The van der Waals surface area contributed by atoms with Crippen LogP contribution in [-0.2, 0) is 14.3 Å². The molecule has 0 saturated carbocycles. The van der Waals surface area contributed by atoms with Crippen LogP contribution in [0.25, 0.3) is 0 Å². The highest BCUT2D eigenvalue weighted by Crippen LogP contribution is 2.33. The van der Waals surface area contributed by atoms with E-state index >= 15 is 0 Å². The van der Waals surface area contributed by atoms with Crippen molar-refractivity contribution < 1.29 is 33.7 Å². The maximum atomic E-state index is 12.6. The lowest BCUT2D eigenvalue weighted by Crippen LogP contribution is -2.55. The van der Waals surface area contributed by atoms with Gasteiger partial charge in [0.2, 0.25) is 18.6 Å². The van der Waals surface area contributed by atoms with Gasteiger partial charge in [0.05, 0.1) is 12.6 Å². The first-order chi connectivity index (χ1) is 15.9. The van der Waals surface area contributed by atoms with Crippen LogP contribution in [0.2, 0.25) is 0 Å². The minimum atomic E-state index is -0.704. The lowest BCUT2D eigenvalue weighted by atomic mass is 9.99. The highest BCUT2D eigenvalue weighted by molar-refractivity contribution is 6.04. The van der Waals surface area contributed by atoms with E-state index in [9.17, 15) is 19.5 Å². The number of aliphatic hydroxyl groups is 1. The number of ether oxygens (including phenoxy) is 3. The normalized spacial score (nSPS) is 19.4. The third kappa shape index (κ3) is 4.76. The van der Waals surface area contributed by atoms with Gasteiger partial charge in [-0.05, 0) is 35.9 Å². The summed E-state index contributed by atoms with van der Waals surface area (Å²) in [6.45, 7) is -0.558. The molecule has 2 aromatic carbocycles. The van der Waals surface area contributed by atoms with E-state index in [1.165, 1.54) is 9.80 Å². The molecule has 2 N–H and O–H groups in total. The highest BCUT2D eigenvalue weighted by atomic mass is 16.7. The van der Waals surface area contributed by atoms with Crippen LogP contribution in [0.3, 0.4) is 0 Å². The predicted molar refractivity (Wildman–Crippen MR) is 117 cm³/mol. The van der Waals surface area contributed by atoms with Gasteiger partial charge in [-0.3, -0.25) is 14.4 Å². The van der Waals surface area contributed by atoms with E-state index in [0.29, 0.717) is 28.3 Å². The second-order valence-corrected chi connectivity index (χ2v) is 7.94. The zero-order valence-corrected chi connectivity index (χ0v) is 18.3. The number of anilines is 1. The Balaban J connectivity index is 1.46. The molecule has 0 aromatic heterocycles. The molecule has 33 heavy (non-hydrogen) atoms. The fourth-order valence-electron chi connectivity index (χ4n) is 3.71. The highest BCUT2D eigenvalue weighted by Gasteiger charge is 2.38. The molecule has 1 fully saturated rings. The second-order valence-electron chi connectivity index (χ2n) is 7.94. The molecule has 0 unspecified atom stereocenters. The maximum Gasteiger partial charge on any atom is 0.255 e. The van der Waals surface area contributed by atoms with Crippen LogP contribution in [0, 0.1) is 0 Å². The number of carbonyl (C=O) groups is 3. The van der Waals surface area contributed by atoms with E-state index in [-0.39, 0.29) is 44.3 Å². The quantitative estimate of drug-likeness (QED) is 0.668. The van der Waals surface area contributed by atoms with Crippen molar-refractivity contribution in [3.8, 4) is 11.5 Å². The molecule has 2 aliphatic heterocycles. The number of aliphatic hydroxyl groups excluding tert-OH is 1. The molecule has 174 valence electrons. The Morgan fingerprint density at radius 2 is 1.85 bits per heavy atom. The van der Waals surface area contributed by atoms with Crippen LogP contribution in [0.1, 0.15) is 22.0 Å². The SMILES string of the molecule is CN(C)C(=O)CN1C(=O)CO[C@H](c2ccc(NC(=O)c3ccc4c(c3)OCO4)cc2)[C@H]1CO. The van der Waals surface area contributed by atoms with Gasteiger partial charge < -0.3 is 34.4 Å². The summed E-state index contributed by atoms with van der Waals surface area (Å²) in [7, 11) is 3.21. The Kier molecular flexibility index (Phi) is 6.47. The number of likely N-dealkylation sites (N-methyl/N-ethyl adjacent to an activating group) is 1. The second kappa shape index (κ2) is 9.47. The summed E-state index contributed by atoms with van der Waals surface area (Å²) < 4.78 is 16.3. The summed E-state index contributed by atoms with van der Waals surface area (Å²) in [6, 6.07) is 11.2. The average Bonchev–Trinajstić information content (AvgIpc) is 3.28. The molecule has 2 aliphatic rings. The summed E-state index contributed by atoms with van der Waals surface area (Å²) in [4.78, 5) is 39.8. The first-order valence-corrected chi connectivity index (χ1v) is 10.4. The molecule has 3 amide bonds. The summed E-state index contributed by atoms with van der Waals surface area (Å²) in [5, 5.41) is 12.8. The molecule has 10 heteroatoms. The summed E-state index contributed by atoms with van der Waals surface area (Å²) in [6.07, 6.45) is -0.610. The molecule has 0 bridgehead atoms. The number of amides is 3. The third-order valence-corrected chi connectivity index (χ3v) is 5.58. The van der Waals surface area contributed by atoms with Crippen molar-refractivity contribution in [3.05, 3.63) is 53.6 Å². The number of nitrogens with one attached hydrogen (secondary N) is 1. The van der Waals surface area contributed by atoms with Gasteiger partial charge >= 0.3 is 0 Å². The Bertz CT molecular complexity index is 1050. The molecule has 0 spiro atoms. The van der Waals surface area contributed by atoms with E-state index in [0.717, 1.165) is 0 Å². The zero-order valence-electron chi connectivity index (χ0n) is 18.3.